The Labute approximate surface area is 118 Å². The highest BCUT2D eigenvalue weighted by Crippen LogP contribution is 2.25. The van der Waals surface area contributed by atoms with Crippen LogP contribution in [-0.4, -0.2) is 18.1 Å². The molecule has 2 aromatic carbocycles. The second kappa shape index (κ2) is 4.63. The van der Waals surface area contributed by atoms with Crippen molar-refractivity contribution in [1.82, 2.24) is 4.98 Å². The molecule has 0 atom stereocenters. The molecule has 0 amide bonds. The van der Waals surface area contributed by atoms with Crippen LogP contribution in [0.4, 0.5) is 0 Å². The second-order valence-corrected chi connectivity index (χ2v) is 5.11. The number of aromatic nitrogens is 1. The van der Waals surface area contributed by atoms with Crippen LogP contribution >= 0.6 is 15.9 Å². The monoisotopic (exact) mass is 315 g/mol. The van der Waals surface area contributed by atoms with Crippen LogP contribution in [0.5, 0.6) is 0 Å². The average molecular weight is 316 g/mol. The van der Waals surface area contributed by atoms with Crippen LogP contribution in [0.3, 0.4) is 0 Å². The van der Waals surface area contributed by atoms with Gasteiger partial charge in [0, 0.05) is 15.2 Å². The van der Waals surface area contributed by atoms with Crippen LogP contribution in [-0.2, 0) is 4.74 Å². The Kier molecular flexibility index (Phi) is 2.95. The van der Waals surface area contributed by atoms with Crippen molar-refractivity contribution in [2.24, 2.45) is 0 Å². The maximum absolute atomic E-state index is 11.7. The normalized spacial score (nSPS) is 10.8. The molecule has 0 fully saturated rings. The fourth-order valence-corrected chi connectivity index (χ4v) is 2.49. The molecule has 1 heterocycles. The van der Waals surface area contributed by atoms with Gasteiger partial charge in [-0.25, -0.2) is 9.78 Å². The SMILES string of the molecule is COC(=O)c1cccc2cc3cc(Br)ccc3nc12. The minimum Gasteiger partial charge on any atom is -0.465 e. The fourth-order valence-electron chi connectivity index (χ4n) is 2.11. The van der Waals surface area contributed by atoms with E-state index in [2.05, 4.69) is 20.9 Å². The number of pyridine rings is 1. The Hall–Kier alpha value is -1.94. The molecule has 0 aliphatic carbocycles. The van der Waals surface area contributed by atoms with Crippen molar-refractivity contribution in [1.29, 1.82) is 0 Å². The molecule has 3 aromatic rings. The standard InChI is InChI=1S/C15H10BrNO2/c1-19-15(18)12-4-2-3-9-7-10-8-11(16)5-6-13(10)17-14(9)12/h2-8H,1H3. The number of rotatable bonds is 1. The minimum atomic E-state index is -0.366. The molecule has 0 aliphatic rings. The average Bonchev–Trinajstić information content (AvgIpc) is 2.43. The predicted molar refractivity (Wildman–Crippen MR) is 78.3 cm³/mol. The number of para-hydroxylation sites is 1. The number of nitrogens with zero attached hydrogens (tertiary/aromatic N) is 1. The lowest BCUT2D eigenvalue weighted by Gasteiger charge is -2.06. The van der Waals surface area contributed by atoms with E-state index in [0.717, 1.165) is 20.8 Å². The summed E-state index contributed by atoms with van der Waals surface area (Å²) < 4.78 is 5.79. The molecule has 0 saturated heterocycles. The van der Waals surface area contributed by atoms with Crippen LogP contribution in [0.2, 0.25) is 0 Å². The summed E-state index contributed by atoms with van der Waals surface area (Å²) in [5.41, 5.74) is 2.01. The van der Waals surface area contributed by atoms with E-state index >= 15 is 0 Å². The molecular formula is C15H10BrNO2. The molecule has 0 unspecified atom stereocenters. The zero-order valence-corrected chi connectivity index (χ0v) is 11.8. The van der Waals surface area contributed by atoms with Crippen molar-refractivity contribution in [3.8, 4) is 0 Å². The van der Waals surface area contributed by atoms with Gasteiger partial charge in [-0.1, -0.05) is 28.1 Å². The molecule has 0 bridgehead atoms. The smallest absolute Gasteiger partial charge is 0.340 e. The Morgan fingerprint density at radius 3 is 2.79 bits per heavy atom. The Balaban J connectivity index is 2.38. The quantitative estimate of drug-likeness (QED) is 0.504. The molecule has 4 heteroatoms. The molecule has 3 rings (SSSR count). The third-order valence-corrected chi connectivity index (χ3v) is 3.50. The first-order valence-electron chi connectivity index (χ1n) is 5.76. The Morgan fingerprint density at radius 2 is 2.00 bits per heavy atom. The zero-order chi connectivity index (χ0) is 13.4. The highest BCUT2D eigenvalue weighted by atomic mass is 79.9. The first-order chi connectivity index (χ1) is 9.19. The van der Waals surface area contributed by atoms with E-state index in [1.54, 1.807) is 6.07 Å². The van der Waals surface area contributed by atoms with Crippen molar-refractivity contribution in [3.05, 3.63) is 52.5 Å². The lowest BCUT2D eigenvalue weighted by molar-refractivity contribution is 0.0603. The van der Waals surface area contributed by atoms with Crippen LogP contribution in [0, 0.1) is 0 Å². The summed E-state index contributed by atoms with van der Waals surface area (Å²) in [5, 5.41) is 1.96. The number of esters is 1. The van der Waals surface area contributed by atoms with Gasteiger partial charge in [0.05, 0.1) is 23.7 Å². The lowest BCUT2D eigenvalue weighted by atomic mass is 10.1. The summed E-state index contributed by atoms with van der Waals surface area (Å²) in [5.74, 6) is -0.366. The van der Waals surface area contributed by atoms with E-state index in [-0.39, 0.29) is 5.97 Å². The Bertz CT molecular complexity index is 799. The van der Waals surface area contributed by atoms with Gasteiger partial charge >= 0.3 is 5.97 Å². The zero-order valence-electron chi connectivity index (χ0n) is 10.2. The number of methoxy groups -OCH3 is 1. The minimum absolute atomic E-state index is 0.366. The predicted octanol–water partition coefficient (Wildman–Crippen LogP) is 3.94. The van der Waals surface area contributed by atoms with Gasteiger partial charge in [0.2, 0.25) is 0 Å². The van der Waals surface area contributed by atoms with Gasteiger partial charge in [-0.05, 0) is 30.3 Å². The summed E-state index contributed by atoms with van der Waals surface area (Å²) >= 11 is 3.44. The van der Waals surface area contributed by atoms with Crippen molar-refractivity contribution < 1.29 is 9.53 Å². The third-order valence-electron chi connectivity index (χ3n) is 3.01. The molecule has 1 aromatic heterocycles. The van der Waals surface area contributed by atoms with Gasteiger partial charge in [-0.2, -0.15) is 0 Å². The number of hydrogen-bond acceptors (Lipinski definition) is 3. The lowest BCUT2D eigenvalue weighted by Crippen LogP contribution is -2.02. The number of carbonyl (C=O) groups is 1. The van der Waals surface area contributed by atoms with Gasteiger partial charge in [0.1, 0.15) is 0 Å². The molecular weight excluding hydrogens is 306 g/mol. The Morgan fingerprint density at radius 1 is 1.16 bits per heavy atom. The van der Waals surface area contributed by atoms with Crippen LogP contribution in [0.25, 0.3) is 21.8 Å². The highest BCUT2D eigenvalue weighted by Gasteiger charge is 2.12. The van der Waals surface area contributed by atoms with Gasteiger partial charge in [0.25, 0.3) is 0 Å². The molecule has 0 spiro atoms. The summed E-state index contributed by atoms with van der Waals surface area (Å²) in [7, 11) is 1.37. The van der Waals surface area contributed by atoms with Crippen molar-refractivity contribution >= 4 is 43.7 Å². The van der Waals surface area contributed by atoms with E-state index in [1.807, 2.05) is 36.4 Å². The molecule has 0 radical (unpaired) electrons. The highest BCUT2D eigenvalue weighted by molar-refractivity contribution is 9.10. The first-order valence-corrected chi connectivity index (χ1v) is 6.56. The van der Waals surface area contributed by atoms with Crippen molar-refractivity contribution in [2.45, 2.75) is 0 Å². The van der Waals surface area contributed by atoms with Crippen molar-refractivity contribution in [2.75, 3.05) is 7.11 Å². The largest absolute Gasteiger partial charge is 0.465 e. The first kappa shape index (κ1) is 12.1. The molecule has 94 valence electrons. The number of carbonyl (C=O) groups excluding carboxylic acids is 1. The number of halogens is 1. The van der Waals surface area contributed by atoms with E-state index in [1.165, 1.54) is 7.11 Å². The van der Waals surface area contributed by atoms with Gasteiger partial charge in [-0.3, -0.25) is 0 Å². The van der Waals surface area contributed by atoms with E-state index in [9.17, 15) is 4.79 Å². The van der Waals surface area contributed by atoms with Gasteiger partial charge in [-0.15, -0.1) is 0 Å². The summed E-state index contributed by atoms with van der Waals surface area (Å²) in [4.78, 5) is 16.3. The number of ether oxygens (including phenoxy) is 1. The third kappa shape index (κ3) is 2.08. The number of hydrogen-bond donors (Lipinski definition) is 0. The summed E-state index contributed by atoms with van der Waals surface area (Å²) in [6.07, 6.45) is 0. The molecule has 0 aliphatic heterocycles. The molecule has 0 saturated carbocycles. The maximum Gasteiger partial charge on any atom is 0.340 e. The second-order valence-electron chi connectivity index (χ2n) is 4.19. The molecule has 19 heavy (non-hydrogen) atoms. The van der Waals surface area contributed by atoms with Crippen LogP contribution in [0.15, 0.2) is 46.9 Å². The maximum atomic E-state index is 11.7. The number of benzene rings is 2. The fraction of sp³-hybridized carbons (Fsp3) is 0.0667. The summed E-state index contributed by atoms with van der Waals surface area (Å²) in [6, 6.07) is 13.4. The molecule has 3 nitrogen and oxygen atoms in total. The summed E-state index contributed by atoms with van der Waals surface area (Å²) in [6.45, 7) is 0. The van der Waals surface area contributed by atoms with Crippen molar-refractivity contribution in [3.63, 3.8) is 0 Å². The van der Waals surface area contributed by atoms with Gasteiger partial charge in [0.15, 0.2) is 0 Å². The van der Waals surface area contributed by atoms with E-state index in [0.29, 0.717) is 11.1 Å². The topological polar surface area (TPSA) is 39.2 Å². The van der Waals surface area contributed by atoms with E-state index in [4.69, 9.17) is 4.74 Å². The van der Waals surface area contributed by atoms with E-state index < -0.39 is 0 Å². The van der Waals surface area contributed by atoms with Crippen LogP contribution in [0.1, 0.15) is 10.4 Å². The van der Waals surface area contributed by atoms with Gasteiger partial charge < -0.3 is 4.74 Å². The number of fused-ring (bicyclic) bond motifs is 2. The van der Waals surface area contributed by atoms with Crippen LogP contribution < -0.4 is 0 Å². The molecule has 0 N–H and O–H groups in total.